The van der Waals surface area contributed by atoms with Gasteiger partial charge in [-0.25, -0.2) is 0 Å². The number of halogens is 1. The fraction of sp³-hybridized carbons (Fsp3) is 0.273. The van der Waals surface area contributed by atoms with E-state index in [1.54, 1.807) is 18.2 Å². The quantitative estimate of drug-likeness (QED) is 0.575. The normalized spacial score (nSPS) is 22.6. The Hall–Kier alpha value is -1.39. The number of ether oxygens (including phenoxy) is 1. The Labute approximate surface area is 96.7 Å². The van der Waals surface area contributed by atoms with Crippen LogP contribution in [0.5, 0.6) is 0 Å². The average molecular weight is 238 g/mol. The van der Waals surface area contributed by atoms with Gasteiger partial charge in [0, 0.05) is 0 Å². The van der Waals surface area contributed by atoms with Crippen molar-refractivity contribution in [1.29, 1.82) is 0 Å². The molecule has 82 valence electrons. The summed E-state index contributed by atoms with van der Waals surface area (Å²) >= 11 is 6.01. The van der Waals surface area contributed by atoms with Gasteiger partial charge in [-0.15, -0.1) is 0 Å². The molecule has 0 saturated carbocycles. The lowest BCUT2D eigenvalue weighted by atomic mass is 10.1. The van der Waals surface area contributed by atoms with Crippen molar-refractivity contribution in [1.82, 2.24) is 0 Å². The van der Waals surface area contributed by atoms with E-state index in [2.05, 4.69) is 0 Å². The first-order valence-corrected chi connectivity index (χ1v) is 5.32. The van der Waals surface area contributed by atoms with Crippen molar-refractivity contribution in [2.24, 2.45) is 0 Å². The standard InChI is InChI=1S/C11H8ClNO3/c12-8-3-1-2-7-9(8)13(4-6-5-16-6)11(15)10(7)14/h1-3,6H,4-5H2. The maximum absolute atomic E-state index is 11.7. The second-order valence-corrected chi connectivity index (χ2v) is 4.24. The second kappa shape index (κ2) is 3.30. The SMILES string of the molecule is O=C1C(=O)N(CC2CO2)c2c(Cl)cccc21. The number of nitrogens with zero attached hydrogens (tertiary/aromatic N) is 1. The molecule has 5 heteroatoms. The van der Waals surface area contributed by atoms with Crippen LogP contribution in [-0.4, -0.2) is 30.9 Å². The number of amides is 1. The van der Waals surface area contributed by atoms with Crippen LogP contribution < -0.4 is 4.90 Å². The molecule has 1 saturated heterocycles. The Balaban J connectivity index is 2.07. The highest BCUT2D eigenvalue weighted by atomic mass is 35.5. The molecule has 0 spiro atoms. The highest BCUT2D eigenvalue weighted by Gasteiger charge is 2.40. The van der Waals surface area contributed by atoms with Gasteiger partial charge in [0.2, 0.25) is 0 Å². The van der Waals surface area contributed by atoms with Crippen molar-refractivity contribution >= 4 is 29.0 Å². The minimum absolute atomic E-state index is 0.0407. The smallest absolute Gasteiger partial charge is 0.299 e. The number of carbonyl (C=O) groups is 2. The fourth-order valence-corrected chi connectivity index (χ4v) is 2.14. The van der Waals surface area contributed by atoms with Gasteiger partial charge in [-0.05, 0) is 12.1 Å². The Kier molecular flexibility index (Phi) is 2.02. The largest absolute Gasteiger partial charge is 0.371 e. The number of rotatable bonds is 2. The summed E-state index contributed by atoms with van der Waals surface area (Å²) in [5, 5.41) is 0.428. The van der Waals surface area contributed by atoms with Crippen molar-refractivity contribution in [2.45, 2.75) is 6.10 Å². The van der Waals surface area contributed by atoms with E-state index in [-0.39, 0.29) is 6.10 Å². The third-order valence-electron chi connectivity index (χ3n) is 2.73. The summed E-state index contributed by atoms with van der Waals surface area (Å²) in [5.74, 6) is -1.00. The Bertz CT molecular complexity index is 496. The van der Waals surface area contributed by atoms with E-state index in [9.17, 15) is 9.59 Å². The molecule has 2 aliphatic rings. The molecule has 0 radical (unpaired) electrons. The third-order valence-corrected chi connectivity index (χ3v) is 3.03. The lowest BCUT2D eigenvalue weighted by molar-refractivity contribution is -0.114. The molecule has 1 aromatic rings. The molecule has 3 rings (SSSR count). The monoisotopic (exact) mass is 237 g/mol. The van der Waals surface area contributed by atoms with Crippen molar-refractivity contribution in [3.8, 4) is 0 Å². The number of para-hydroxylation sites is 1. The van der Waals surface area contributed by atoms with Crippen molar-refractivity contribution in [3.63, 3.8) is 0 Å². The molecule has 1 fully saturated rings. The van der Waals surface area contributed by atoms with Crippen LogP contribution >= 0.6 is 11.6 Å². The first-order valence-electron chi connectivity index (χ1n) is 4.95. The van der Waals surface area contributed by atoms with E-state index >= 15 is 0 Å². The predicted molar refractivity (Wildman–Crippen MR) is 57.9 cm³/mol. The van der Waals surface area contributed by atoms with Gasteiger partial charge in [0.15, 0.2) is 0 Å². The van der Waals surface area contributed by atoms with Gasteiger partial charge in [-0.3, -0.25) is 9.59 Å². The Morgan fingerprint density at radius 2 is 2.19 bits per heavy atom. The van der Waals surface area contributed by atoms with Gasteiger partial charge in [0.1, 0.15) is 0 Å². The first-order chi connectivity index (χ1) is 7.68. The van der Waals surface area contributed by atoms with E-state index in [0.29, 0.717) is 29.4 Å². The third kappa shape index (κ3) is 1.34. The van der Waals surface area contributed by atoms with E-state index in [4.69, 9.17) is 16.3 Å². The van der Waals surface area contributed by atoms with Crippen LogP contribution in [-0.2, 0) is 9.53 Å². The van der Waals surface area contributed by atoms with Gasteiger partial charge in [0.05, 0.1) is 35.5 Å². The Morgan fingerprint density at radius 1 is 1.44 bits per heavy atom. The molecule has 0 aromatic heterocycles. The summed E-state index contributed by atoms with van der Waals surface area (Å²) in [4.78, 5) is 24.8. The molecule has 2 heterocycles. The topological polar surface area (TPSA) is 49.9 Å². The number of carbonyl (C=O) groups excluding carboxylic acids is 2. The predicted octanol–water partition coefficient (Wildman–Crippen LogP) is 1.27. The molecule has 4 nitrogen and oxygen atoms in total. The van der Waals surface area contributed by atoms with Crippen LogP contribution in [0.4, 0.5) is 5.69 Å². The summed E-state index contributed by atoms with van der Waals surface area (Å²) in [6.07, 6.45) is 0.0407. The zero-order valence-electron chi connectivity index (χ0n) is 8.27. The zero-order valence-corrected chi connectivity index (χ0v) is 9.03. The molecular weight excluding hydrogens is 230 g/mol. The van der Waals surface area contributed by atoms with Crippen LogP contribution in [0.3, 0.4) is 0 Å². The average Bonchev–Trinajstić information content (AvgIpc) is 3.04. The van der Waals surface area contributed by atoms with Crippen LogP contribution in [0.1, 0.15) is 10.4 Å². The molecule has 0 bridgehead atoms. The molecule has 2 aliphatic heterocycles. The number of fused-ring (bicyclic) bond motifs is 1. The van der Waals surface area contributed by atoms with E-state index in [0.717, 1.165) is 0 Å². The highest BCUT2D eigenvalue weighted by molar-refractivity contribution is 6.54. The van der Waals surface area contributed by atoms with E-state index < -0.39 is 11.7 Å². The van der Waals surface area contributed by atoms with Crippen molar-refractivity contribution < 1.29 is 14.3 Å². The van der Waals surface area contributed by atoms with Crippen molar-refractivity contribution in [2.75, 3.05) is 18.1 Å². The summed E-state index contributed by atoms with van der Waals surface area (Å²) in [6.45, 7) is 1.04. The number of epoxide rings is 1. The van der Waals surface area contributed by atoms with Gasteiger partial charge in [-0.2, -0.15) is 0 Å². The summed E-state index contributed by atoms with van der Waals surface area (Å²) in [7, 11) is 0. The van der Waals surface area contributed by atoms with E-state index in [1.807, 2.05) is 0 Å². The summed E-state index contributed by atoms with van der Waals surface area (Å²) < 4.78 is 5.06. The van der Waals surface area contributed by atoms with Gasteiger partial charge >= 0.3 is 0 Å². The number of benzene rings is 1. The number of hydrogen-bond acceptors (Lipinski definition) is 3. The number of anilines is 1. The highest BCUT2D eigenvalue weighted by Crippen LogP contribution is 2.36. The molecule has 0 N–H and O–H groups in total. The van der Waals surface area contributed by atoms with E-state index in [1.165, 1.54) is 4.90 Å². The minimum Gasteiger partial charge on any atom is -0.371 e. The first kappa shape index (κ1) is 9.81. The lowest BCUT2D eigenvalue weighted by Crippen LogP contribution is -2.33. The van der Waals surface area contributed by atoms with Gasteiger partial charge in [0.25, 0.3) is 11.7 Å². The number of hydrogen-bond donors (Lipinski definition) is 0. The number of ketones is 1. The maximum Gasteiger partial charge on any atom is 0.299 e. The van der Waals surface area contributed by atoms with Crippen LogP contribution in [0.2, 0.25) is 5.02 Å². The summed E-state index contributed by atoms with van der Waals surface area (Å²) in [5.41, 5.74) is 0.910. The molecule has 0 aliphatic carbocycles. The van der Waals surface area contributed by atoms with Crippen LogP contribution in [0.25, 0.3) is 0 Å². The molecule has 1 atom stereocenters. The fourth-order valence-electron chi connectivity index (χ4n) is 1.86. The molecular formula is C11H8ClNO3. The van der Waals surface area contributed by atoms with Gasteiger partial charge < -0.3 is 9.64 Å². The van der Waals surface area contributed by atoms with Gasteiger partial charge in [-0.1, -0.05) is 17.7 Å². The molecule has 1 aromatic carbocycles. The second-order valence-electron chi connectivity index (χ2n) is 3.84. The maximum atomic E-state index is 11.7. The molecule has 16 heavy (non-hydrogen) atoms. The van der Waals surface area contributed by atoms with Crippen LogP contribution in [0, 0.1) is 0 Å². The molecule has 1 unspecified atom stereocenters. The zero-order chi connectivity index (χ0) is 11.3. The summed E-state index contributed by atoms with van der Waals surface area (Å²) in [6, 6.07) is 4.96. The van der Waals surface area contributed by atoms with Crippen molar-refractivity contribution in [3.05, 3.63) is 28.8 Å². The Morgan fingerprint density at radius 3 is 2.88 bits per heavy atom. The number of Topliss-reactive ketones (excluding diaryl/α,β-unsaturated/α-hetero) is 1. The molecule has 1 amide bonds. The minimum atomic E-state index is -0.515. The van der Waals surface area contributed by atoms with Crippen LogP contribution in [0.15, 0.2) is 18.2 Å². The lowest BCUT2D eigenvalue weighted by Gasteiger charge is -2.15.